The summed E-state index contributed by atoms with van der Waals surface area (Å²) in [4.78, 5) is 0. The highest BCUT2D eigenvalue weighted by Crippen LogP contribution is 2.33. The molecular weight excluding hydrogens is 227 g/mol. The second kappa shape index (κ2) is 6.13. The molecule has 1 unspecified atom stereocenters. The van der Waals surface area contributed by atoms with Gasteiger partial charge in [0.05, 0.1) is 13.2 Å². The van der Waals surface area contributed by atoms with Gasteiger partial charge in [-0.1, -0.05) is 0 Å². The summed E-state index contributed by atoms with van der Waals surface area (Å²) in [5.74, 6) is -0.418. The molecule has 1 fully saturated rings. The van der Waals surface area contributed by atoms with E-state index >= 15 is 0 Å². The van der Waals surface area contributed by atoms with Crippen LogP contribution in [0.15, 0.2) is 0 Å². The molecule has 1 atom stereocenters. The van der Waals surface area contributed by atoms with Gasteiger partial charge in [0.2, 0.25) is 0 Å². The molecule has 84 valence electrons. The summed E-state index contributed by atoms with van der Waals surface area (Å²) in [5.41, 5.74) is 0. The Morgan fingerprint density at radius 1 is 1.29 bits per heavy atom. The smallest absolute Gasteiger partial charge is 0.186 e. The van der Waals surface area contributed by atoms with Gasteiger partial charge in [-0.2, -0.15) is 0 Å². The van der Waals surface area contributed by atoms with Gasteiger partial charge in [-0.3, -0.25) is 0 Å². The van der Waals surface area contributed by atoms with Crippen LogP contribution in [0, 0.1) is 0 Å². The molecule has 0 radical (unpaired) electrons. The Kier molecular flexibility index (Phi) is 5.49. The van der Waals surface area contributed by atoms with E-state index < -0.39 is 5.79 Å². The monoisotopic (exact) mass is 242 g/mol. The summed E-state index contributed by atoms with van der Waals surface area (Å²) in [7, 11) is 0. The van der Waals surface area contributed by atoms with E-state index in [0.29, 0.717) is 25.5 Å². The normalized spacial score (nSPS) is 22.5. The molecule has 0 aromatic rings. The topological polar surface area (TPSA) is 38.7 Å². The summed E-state index contributed by atoms with van der Waals surface area (Å²) in [6.45, 7) is 1.32. The molecule has 1 saturated heterocycles. The molecule has 0 aromatic carbocycles. The summed E-state index contributed by atoms with van der Waals surface area (Å²) in [6.07, 6.45) is 2.26. The van der Waals surface area contributed by atoms with E-state index in [1.807, 2.05) is 0 Å². The second-order valence-corrected chi connectivity index (χ2v) is 4.15. The van der Waals surface area contributed by atoms with Crippen LogP contribution in [0.5, 0.6) is 0 Å². The van der Waals surface area contributed by atoms with E-state index in [-0.39, 0.29) is 12.0 Å². The van der Waals surface area contributed by atoms with Gasteiger partial charge in [0.1, 0.15) is 5.38 Å². The van der Waals surface area contributed by atoms with Crippen molar-refractivity contribution in [1.29, 1.82) is 0 Å². The first-order valence-electron chi connectivity index (χ1n) is 4.84. The van der Waals surface area contributed by atoms with Crippen molar-refractivity contribution in [2.24, 2.45) is 0 Å². The largest absolute Gasteiger partial charge is 0.396 e. The van der Waals surface area contributed by atoms with Gasteiger partial charge in [0.15, 0.2) is 5.79 Å². The summed E-state index contributed by atoms with van der Waals surface area (Å²) < 4.78 is 11.0. The Hall–Kier alpha value is 0.460. The fourth-order valence-electron chi connectivity index (χ4n) is 1.55. The van der Waals surface area contributed by atoms with Crippen molar-refractivity contribution in [3.05, 3.63) is 0 Å². The molecule has 1 aliphatic rings. The highest BCUT2D eigenvalue weighted by atomic mass is 35.5. The average Bonchev–Trinajstić information content (AvgIpc) is 2.67. The predicted octanol–water partition coefficient (Wildman–Crippen LogP) is 1.74. The van der Waals surface area contributed by atoms with Crippen LogP contribution in [0.4, 0.5) is 0 Å². The van der Waals surface area contributed by atoms with Crippen LogP contribution in [-0.2, 0) is 9.47 Å². The molecule has 5 heteroatoms. The Morgan fingerprint density at radius 3 is 2.43 bits per heavy atom. The van der Waals surface area contributed by atoms with Crippen molar-refractivity contribution < 1.29 is 14.6 Å². The van der Waals surface area contributed by atoms with E-state index in [4.69, 9.17) is 37.8 Å². The third-order valence-electron chi connectivity index (χ3n) is 2.32. The standard InChI is InChI=1S/C9H16Cl2O3/c10-7-8(11)9(3-1-2-4-12)13-5-6-14-9/h8,12H,1-7H2. The lowest BCUT2D eigenvalue weighted by molar-refractivity contribution is -0.161. The molecule has 1 rings (SSSR count). The fraction of sp³-hybridized carbons (Fsp3) is 1.00. The third kappa shape index (κ3) is 2.97. The maximum Gasteiger partial charge on any atom is 0.186 e. The lowest BCUT2D eigenvalue weighted by Crippen LogP contribution is -2.41. The van der Waals surface area contributed by atoms with Crippen molar-refractivity contribution in [1.82, 2.24) is 0 Å². The zero-order valence-electron chi connectivity index (χ0n) is 8.05. The summed E-state index contributed by atoms with van der Waals surface area (Å²) in [5, 5.41) is 8.35. The van der Waals surface area contributed by atoms with Gasteiger partial charge in [-0.05, 0) is 12.8 Å². The highest BCUT2D eigenvalue weighted by molar-refractivity contribution is 6.28. The van der Waals surface area contributed by atoms with E-state index in [0.717, 1.165) is 12.8 Å². The van der Waals surface area contributed by atoms with Crippen molar-refractivity contribution in [3.8, 4) is 0 Å². The highest BCUT2D eigenvalue weighted by Gasteiger charge is 2.42. The van der Waals surface area contributed by atoms with Gasteiger partial charge in [0.25, 0.3) is 0 Å². The van der Waals surface area contributed by atoms with E-state index in [9.17, 15) is 0 Å². The first-order valence-corrected chi connectivity index (χ1v) is 5.81. The molecule has 0 bridgehead atoms. The predicted molar refractivity (Wildman–Crippen MR) is 55.9 cm³/mol. The van der Waals surface area contributed by atoms with Gasteiger partial charge < -0.3 is 14.6 Å². The quantitative estimate of drug-likeness (QED) is 0.570. The Labute approximate surface area is 94.3 Å². The van der Waals surface area contributed by atoms with Gasteiger partial charge in [-0.25, -0.2) is 0 Å². The molecule has 1 N–H and O–H groups in total. The molecule has 0 spiro atoms. The van der Waals surface area contributed by atoms with Crippen LogP contribution >= 0.6 is 23.2 Å². The molecule has 0 aliphatic carbocycles. The zero-order valence-corrected chi connectivity index (χ0v) is 9.56. The molecule has 0 aromatic heterocycles. The number of alkyl halides is 2. The summed E-state index contributed by atoms with van der Waals surface area (Å²) >= 11 is 11.8. The lowest BCUT2D eigenvalue weighted by atomic mass is 10.1. The minimum absolute atomic E-state index is 0.184. The first kappa shape index (κ1) is 12.5. The van der Waals surface area contributed by atoms with E-state index in [2.05, 4.69) is 0 Å². The number of hydrogen-bond donors (Lipinski definition) is 1. The van der Waals surface area contributed by atoms with Crippen LogP contribution in [0.25, 0.3) is 0 Å². The molecule has 1 aliphatic heterocycles. The van der Waals surface area contributed by atoms with Crippen LogP contribution in [-0.4, -0.2) is 42.0 Å². The number of ether oxygens (including phenoxy) is 2. The van der Waals surface area contributed by atoms with Gasteiger partial charge in [-0.15, -0.1) is 23.2 Å². The van der Waals surface area contributed by atoms with Gasteiger partial charge in [0, 0.05) is 18.9 Å². The Bertz CT molecular complexity index is 160. The molecular formula is C9H16Cl2O3. The maximum absolute atomic E-state index is 8.68. The van der Waals surface area contributed by atoms with Crippen LogP contribution in [0.1, 0.15) is 19.3 Å². The Morgan fingerprint density at radius 2 is 1.93 bits per heavy atom. The number of aliphatic hydroxyl groups excluding tert-OH is 1. The third-order valence-corrected chi connectivity index (χ3v) is 3.28. The van der Waals surface area contributed by atoms with Crippen LogP contribution < -0.4 is 0 Å². The van der Waals surface area contributed by atoms with Gasteiger partial charge >= 0.3 is 0 Å². The van der Waals surface area contributed by atoms with Crippen LogP contribution in [0.3, 0.4) is 0 Å². The zero-order chi connectivity index (χ0) is 10.4. The number of aliphatic hydroxyl groups is 1. The minimum atomic E-state index is -0.724. The number of rotatable bonds is 6. The number of unbranched alkanes of at least 4 members (excludes halogenated alkanes) is 1. The van der Waals surface area contributed by atoms with Crippen LogP contribution in [0.2, 0.25) is 0 Å². The average molecular weight is 243 g/mol. The molecule has 3 nitrogen and oxygen atoms in total. The SMILES string of the molecule is OCCCCC1(C(Cl)CCl)OCCO1. The van der Waals surface area contributed by atoms with Crippen molar-refractivity contribution in [2.45, 2.75) is 30.4 Å². The molecule has 1 heterocycles. The van der Waals surface area contributed by atoms with Crippen molar-refractivity contribution in [3.63, 3.8) is 0 Å². The molecule has 14 heavy (non-hydrogen) atoms. The summed E-state index contributed by atoms with van der Waals surface area (Å²) in [6, 6.07) is 0. The minimum Gasteiger partial charge on any atom is -0.396 e. The van der Waals surface area contributed by atoms with E-state index in [1.165, 1.54) is 0 Å². The Balaban J connectivity index is 2.44. The number of hydrogen-bond acceptors (Lipinski definition) is 3. The first-order chi connectivity index (χ1) is 6.75. The lowest BCUT2D eigenvalue weighted by Gasteiger charge is -2.30. The van der Waals surface area contributed by atoms with Crippen molar-refractivity contribution in [2.75, 3.05) is 25.7 Å². The second-order valence-electron chi connectivity index (χ2n) is 3.31. The molecule has 0 saturated carbocycles. The maximum atomic E-state index is 8.68. The molecule has 0 amide bonds. The van der Waals surface area contributed by atoms with E-state index in [1.54, 1.807) is 0 Å². The fourth-order valence-corrected chi connectivity index (χ4v) is 2.02. The van der Waals surface area contributed by atoms with Crippen molar-refractivity contribution >= 4 is 23.2 Å². The number of halogens is 2.